The van der Waals surface area contributed by atoms with Crippen molar-refractivity contribution >= 4 is 28.8 Å². The first-order valence-electron chi connectivity index (χ1n) is 8.92. The summed E-state index contributed by atoms with van der Waals surface area (Å²) in [5, 5.41) is 4.38. The predicted molar refractivity (Wildman–Crippen MR) is 113 cm³/mol. The summed E-state index contributed by atoms with van der Waals surface area (Å²) in [6, 6.07) is 11.4. The zero-order chi connectivity index (χ0) is 22.6. The molecule has 0 aliphatic rings. The van der Waals surface area contributed by atoms with Crippen LogP contribution >= 0.6 is 11.3 Å². The molecule has 0 atom stereocenters. The Hall–Kier alpha value is -3.64. The highest BCUT2D eigenvalue weighted by atomic mass is 32.1. The molecule has 0 aliphatic carbocycles. The van der Waals surface area contributed by atoms with Crippen molar-refractivity contribution in [3.63, 3.8) is 0 Å². The van der Waals surface area contributed by atoms with Crippen molar-refractivity contribution in [2.45, 2.75) is 6.18 Å². The van der Waals surface area contributed by atoms with E-state index in [2.05, 4.69) is 16.2 Å². The van der Waals surface area contributed by atoms with Gasteiger partial charge in [-0.3, -0.25) is 9.59 Å². The van der Waals surface area contributed by atoms with Crippen molar-refractivity contribution in [3.8, 4) is 22.9 Å². The van der Waals surface area contributed by atoms with Crippen LogP contribution < -0.4 is 5.32 Å². The number of nitrogens with one attached hydrogen (secondary N) is 1. The second-order valence-electron chi connectivity index (χ2n) is 6.55. The van der Waals surface area contributed by atoms with Gasteiger partial charge < -0.3 is 10.2 Å². The summed E-state index contributed by atoms with van der Waals surface area (Å²) < 4.78 is 38.8. The van der Waals surface area contributed by atoms with Crippen molar-refractivity contribution < 1.29 is 22.8 Å². The van der Waals surface area contributed by atoms with Gasteiger partial charge in [-0.15, -0.1) is 17.8 Å². The maximum absolute atomic E-state index is 12.9. The van der Waals surface area contributed by atoms with E-state index in [1.165, 1.54) is 29.5 Å². The van der Waals surface area contributed by atoms with Gasteiger partial charge in [-0.05, 0) is 30.3 Å². The van der Waals surface area contributed by atoms with Crippen LogP contribution in [0.5, 0.6) is 0 Å². The normalized spacial score (nSPS) is 10.9. The summed E-state index contributed by atoms with van der Waals surface area (Å²) in [7, 11) is 1.43. The van der Waals surface area contributed by atoms with E-state index < -0.39 is 23.6 Å². The highest BCUT2D eigenvalue weighted by Gasteiger charge is 2.30. The molecule has 2 amide bonds. The third-order valence-electron chi connectivity index (χ3n) is 4.20. The Bertz CT molecular complexity index is 1170. The van der Waals surface area contributed by atoms with E-state index >= 15 is 0 Å². The van der Waals surface area contributed by atoms with E-state index in [1.54, 1.807) is 24.3 Å². The van der Waals surface area contributed by atoms with Gasteiger partial charge in [-0.1, -0.05) is 24.1 Å². The quantitative estimate of drug-likeness (QED) is 0.590. The Morgan fingerprint density at radius 2 is 1.94 bits per heavy atom. The van der Waals surface area contributed by atoms with Crippen LogP contribution in [-0.4, -0.2) is 35.3 Å². The van der Waals surface area contributed by atoms with Gasteiger partial charge in [0.1, 0.15) is 10.7 Å². The molecule has 1 N–H and O–H groups in total. The van der Waals surface area contributed by atoms with Crippen LogP contribution in [-0.2, 0) is 11.0 Å². The summed E-state index contributed by atoms with van der Waals surface area (Å²) in [6.45, 7) is -0.241. The van der Waals surface area contributed by atoms with Gasteiger partial charge in [0.2, 0.25) is 5.91 Å². The van der Waals surface area contributed by atoms with Gasteiger partial charge >= 0.3 is 6.18 Å². The average molecular weight is 443 g/mol. The number of hydrogen-bond donors (Lipinski definition) is 1. The molecule has 158 valence electrons. The second-order valence-corrected chi connectivity index (χ2v) is 7.41. The molecular formula is C22H16F3N3O2S. The fraction of sp³-hybridized carbons (Fsp3) is 0.136. The number of rotatable bonds is 5. The molecule has 31 heavy (non-hydrogen) atoms. The first kappa shape index (κ1) is 22.1. The van der Waals surface area contributed by atoms with Crippen molar-refractivity contribution in [3.05, 3.63) is 70.7 Å². The van der Waals surface area contributed by atoms with E-state index in [0.29, 0.717) is 11.3 Å². The molecule has 0 aliphatic heterocycles. The van der Waals surface area contributed by atoms with Gasteiger partial charge in [-0.25, -0.2) is 4.98 Å². The van der Waals surface area contributed by atoms with E-state index in [9.17, 15) is 22.8 Å². The Kier molecular flexibility index (Phi) is 6.42. The molecule has 1 heterocycles. The lowest BCUT2D eigenvalue weighted by molar-refractivity contribution is -0.137. The van der Waals surface area contributed by atoms with Gasteiger partial charge in [0.15, 0.2) is 0 Å². The van der Waals surface area contributed by atoms with E-state index in [1.807, 2.05) is 0 Å². The molecule has 0 saturated heterocycles. The number of hydrogen-bond acceptors (Lipinski definition) is 4. The summed E-state index contributed by atoms with van der Waals surface area (Å²) in [5.41, 5.74) is 0.610. The number of aromatic nitrogens is 1. The monoisotopic (exact) mass is 443 g/mol. The number of thiazole rings is 1. The van der Waals surface area contributed by atoms with E-state index in [4.69, 9.17) is 6.42 Å². The Balaban J connectivity index is 1.67. The topological polar surface area (TPSA) is 62.3 Å². The lowest BCUT2D eigenvalue weighted by Crippen LogP contribution is -2.35. The van der Waals surface area contributed by atoms with Crippen LogP contribution in [0, 0.1) is 12.3 Å². The highest BCUT2D eigenvalue weighted by molar-refractivity contribution is 7.13. The van der Waals surface area contributed by atoms with Crippen LogP contribution in [0.1, 0.15) is 21.6 Å². The number of benzene rings is 2. The van der Waals surface area contributed by atoms with Crippen LogP contribution in [0.15, 0.2) is 53.9 Å². The van der Waals surface area contributed by atoms with Crippen LogP contribution in [0.4, 0.5) is 18.9 Å². The summed E-state index contributed by atoms with van der Waals surface area (Å²) in [6.07, 6.45) is 0.858. The second kappa shape index (κ2) is 9.02. The van der Waals surface area contributed by atoms with E-state index in [-0.39, 0.29) is 22.8 Å². The van der Waals surface area contributed by atoms with Gasteiger partial charge in [0.05, 0.1) is 12.1 Å². The van der Waals surface area contributed by atoms with Crippen molar-refractivity contribution in [1.82, 2.24) is 9.88 Å². The summed E-state index contributed by atoms with van der Waals surface area (Å²) in [4.78, 5) is 30.1. The number of alkyl halides is 3. The zero-order valence-electron chi connectivity index (χ0n) is 16.2. The minimum Gasteiger partial charge on any atom is -0.331 e. The van der Waals surface area contributed by atoms with Gasteiger partial charge in [-0.2, -0.15) is 13.2 Å². The molecule has 1 aromatic heterocycles. The largest absolute Gasteiger partial charge is 0.416 e. The molecule has 0 radical (unpaired) electrons. The molecular weight excluding hydrogens is 427 g/mol. The van der Waals surface area contributed by atoms with Gasteiger partial charge in [0, 0.05) is 29.2 Å². The minimum atomic E-state index is -4.47. The van der Waals surface area contributed by atoms with E-state index in [0.717, 1.165) is 23.5 Å². The van der Waals surface area contributed by atoms with Crippen molar-refractivity contribution in [2.75, 3.05) is 18.9 Å². The number of carbonyl (C=O) groups excluding carboxylic acids is 2. The number of anilines is 1. The molecule has 0 spiro atoms. The highest BCUT2D eigenvalue weighted by Crippen LogP contribution is 2.33. The molecule has 0 bridgehead atoms. The van der Waals surface area contributed by atoms with Crippen LogP contribution in [0.2, 0.25) is 0 Å². The molecule has 9 heteroatoms. The zero-order valence-corrected chi connectivity index (χ0v) is 17.1. The third kappa shape index (κ3) is 5.49. The number of terminal acetylenes is 1. The molecule has 2 aromatic carbocycles. The average Bonchev–Trinajstić information content (AvgIpc) is 3.23. The molecule has 3 rings (SSSR count). The Morgan fingerprint density at radius 3 is 2.65 bits per heavy atom. The lowest BCUT2D eigenvalue weighted by atomic mass is 10.1. The number of carbonyl (C=O) groups is 2. The van der Waals surface area contributed by atoms with Gasteiger partial charge in [0.25, 0.3) is 5.91 Å². The molecule has 3 aromatic rings. The fourth-order valence-electron chi connectivity index (χ4n) is 2.70. The molecule has 0 saturated carbocycles. The third-order valence-corrected chi connectivity index (χ3v) is 5.09. The molecule has 5 nitrogen and oxygen atoms in total. The molecule has 0 fully saturated rings. The van der Waals surface area contributed by atoms with Crippen molar-refractivity contribution in [2.24, 2.45) is 0 Å². The number of halogens is 3. The van der Waals surface area contributed by atoms with Crippen LogP contribution in [0.3, 0.4) is 0 Å². The fourth-order valence-corrected chi connectivity index (χ4v) is 3.49. The Morgan fingerprint density at radius 1 is 1.19 bits per heavy atom. The number of likely N-dealkylation sites (N-methyl/N-ethyl adjacent to an activating group) is 1. The Labute approximate surface area is 180 Å². The standard InChI is InChI=1S/C22H16F3N3O2S/c1-3-14-6-4-9-17(10-14)26-19(29)12-28(2)21(30)18-13-31-20(27-18)15-7-5-8-16(11-15)22(23,24)25/h1,4-11,13H,12H2,2H3,(H,26,29). The minimum absolute atomic E-state index is 0.0436. The molecule has 0 unspecified atom stereocenters. The van der Waals surface area contributed by atoms with Crippen molar-refractivity contribution in [1.29, 1.82) is 0 Å². The number of nitrogens with zero attached hydrogens (tertiary/aromatic N) is 2. The van der Waals surface area contributed by atoms with Crippen LogP contribution in [0.25, 0.3) is 10.6 Å². The first-order valence-corrected chi connectivity index (χ1v) is 9.80. The summed E-state index contributed by atoms with van der Waals surface area (Å²) in [5.74, 6) is 1.51. The maximum Gasteiger partial charge on any atom is 0.416 e. The first-order chi connectivity index (χ1) is 14.7. The SMILES string of the molecule is C#Cc1cccc(NC(=O)CN(C)C(=O)c2csc(-c3cccc(C(F)(F)F)c3)n2)c1. The maximum atomic E-state index is 12.9. The number of amides is 2. The lowest BCUT2D eigenvalue weighted by Gasteiger charge is -2.15. The smallest absolute Gasteiger partial charge is 0.331 e. The summed E-state index contributed by atoms with van der Waals surface area (Å²) >= 11 is 1.05. The predicted octanol–water partition coefficient (Wildman–Crippen LogP) is 4.52.